The smallest absolute Gasteiger partial charge is 0.319 e. The lowest BCUT2D eigenvalue weighted by atomic mass is 9.76. The molecule has 0 unspecified atom stereocenters. The molecule has 9 heteroatoms. The number of fused-ring (bicyclic) bond motifs is 2. The summed E-state index contributed by atoms with van der Waals surface area (Å²) in [5.41, 5.74) is 1.20. The zero-order valence-electron chi connectivity index (χ0n) is 18.1. The molecule has 2 saturated heterocycles. The molecule has 0 bridgehead atoms. The first-order valence-corrected chi connectivity index (χ1v) is 12.9. The number of nitrogens with one attached hydrogen (secondary N) is 1. The van der Waals surface area contributed by atoms with E-state index in [4.69, 9.17) is 0 Å². The van der Waals surface area contributed by atoms with E-state index in [2.05, 4.69) is 5.32 Å². The molecule has 2 fully saturated rings. The normalized spacial score (nSPS) is 25.7. The molecule has 1 aliphatic carbocycles. The van der Waals surface area contributed by atoms with Gasteiger partial charge >= 0.3 is 6.03 Å². The first-order chi connectivity index (χ1) is 15.8. The maximum Gasteiger partial charge on any atom is 0.325 e. The first kappa shape index (κ1) is 21.6. The van der Waals surface area contributed by atoms with Crippen molar-refractivity contribution in [3.05, 3.63) is 65.7 Å². The Morgan fingerprint density at radius 1 is 1.09 bits per heavy atom. The fourth-order valence-electron chi connectivity index (χ4n) is 5.29. The van der Waals surface area contributed by atoms with E-state index in [0.717, 1.165) is 28.9 Å². The first-order valence-electron chi connectivity index (χ1n) is 11.1. The fraction of sp³-hybridized carbons (Fsp3) is 0.375. The summed E-state index contributed by atoms with van der Waals surface area (Å²) in [6.45, 7) is -0.444. The summed E-state index contributed by atoms with van der Waals surface area (Å²) in [6, 6.07) is 15.2. The predicted molar refractivity (Wildman–Crippen MR) is 122 cm³/mol. The number of aryl methyl sites for hydroxylation is 1. The molecule has 2 aromatic carbocycles. The van der Waals surface area contributed by atoms with Crippen molar-refractivity contribution in [2.24, 2.45) is 0 Å². The van der Waals surface area contributed by atoms with Crippen LogP contribution in [0.1, 0.15) is 30.4 Å². The van der Waals surface area contributed by atoms with E-state index in [1.165, 1.54) is 4.90 Å². The van der Waals surface area contributed by atoms with Crippen molar-refractivity contribution in [3.63, 3.8) is 0 Å². The van der Waals surface area contributed by atoms with Gasteiger partial charge in [-0.3, -0.25) is 14.5 Å². The van der Waals surface area contributed by atoms with Crippen molar-refractivity contribution in [2.75, 3.05) is 23.0 Å². The molecule has 4 amide bonds. The number of hydrogen-bond donors (Lipinski definition) is 1. The van der Waals surface area contributed by atoms with Crippen molar-refractivity contribution in [2.45, 2.75) is 37.3 Å². The van der Waals surface area contributed by atoms with Crippen molar-refractivity contribution >= 4 is 33.4 Å². The molecular weight excluding hydrogens is 442 g/mol. The summed E-state index contributed by atoms with van der Waals surface area (Å²) in [4.78, 5) is 42.3. The van der Waals surface area contributed by atoms with Crippen LogP contribution in [0, 0.1) is 0 Å². The minimum Gasteiger partial charge on any atom is -0.319 e. The number of urea groups is 1. The molecule has 3 aliphatic rings. The second-order valence-corrected chi connectivity index (χ2v) is 11.1. The number of benzene rings is 2. The van der Waals surface area contributed by atoms with Crippen LogP contribution in [0.3, 0.4) is 0 Å². The standard InChI is InChI=1S/C24H25N3O5S/c28-21(27(18-9-2-1-3-10-18)19-12-14-33(31,32)16-19)15-26-22(29)24(25-23(26)30)13-6-8-17-7-4-5-11-20(17)24/h1-5,7,9-11,19H,6,8,12-16H2,(H,25,30)/t19-,24-/m0/s1. The van der Waals surface area contributed by atoms with Crippen LogP contribution in [0.25, 0.3) is 0 Å². The van der Waals surface area contributed by atoms with Gasteiger partial charge in [0.2, 0.25) is 5.91 Å². The number of sulfone groups is 1. The second kappa shape index (κ2) is 7.98. The Bertz CT molecular complexity index is 1230. The van der Waals surface area contributed by atoms with Gasteiger partial charge in [0, 0.05) is 5.69 Å². The van der Waals surface area contributed by atoms with E-state index in [9.17, 15) is 22.8 Å². The Kier molecular flexibility index (Phi) is 5.23. The maximum atomic E-state index is 13.6. The highest BCUT2D eigenvalue weighted by molar-refractivity contribution is 7.91. The Balaban J connectivity index is 1.44. The summed E-state index contributed by atoms with van der Waals surface area (Å²) in [5, 5.41) is 2.86. The van der Waals surface area contributed by atoms with Gasteiger partial charge in [-0.2, -0.15) is 0 Å². The zero-order valence-corrected chi connectivity index (χ0v) is 18.9. The molecule has 2 aliphatic heterocycles. The topological polar surface area (TPSA) is 104 Å². The molecule has 172 valence electrons. The van der Waals surface area contributed by atoms with Gasteiger partial charge in [-0.05, 0) is 48.9 Å². The highest BCUT2D eigenvalue weighted by atomic mass is 32.2. The molecule has 33 heavy (non-hydrogen) atoms. The number of imide groups is 1. The van der Waals surface area contributed by atoms with Crippen LogP contribution in [0.4, 0.5) is 10.5 Å². The average molecular weight is 468 g/mol. The van der Waals surface area contributed by atoms with Crippen molar-refractivity contribution in [3.8, 4) is 0 Å². The third-order valence-corrected chi connectivity index (χ3v) is 8.57. The summed E-state index contributed by atoms with van der Waals surface area (Å²) < 4.78 is 24.2. The third-order valence-electron chi connectivity index (χ3n) is 6.82. The molecule has 2 aromatic rings. The molecule has 1 spiro atoms. The van der Waals surface area contributed by atoms with Crippen LogP contribution in [0.5, 0.6) is 0 Å². The number of nitrogens with zero attached hydrogens (tertiary/aromatic N) is 2. The van der Waals surface area contributed by atoms with Crippen molar-refractivity contribution < 1.29 is 22.8 Å². The summed E-state index contributed by atoms with van der Waals surface area (Å²) in [6.07, 6.45) is 2.38. The van der Waals surface area contributed by atoms with Crippen LogP contribution in [0.2, 0.25) is 0 Å². The number of rotatable bonds is 4. The molecule has 0 radical (unpaired) electrons. The Morgan fingerprint density at radius 3 is 2.55 bits per heavy atom. The number of amides is 4. The Morgan fingerprint density at radius 2 is 1.82 bits per heavy atom. The molecule has 0 saturated carbocycles. The van der Waals surface area contributed by atoms with Gasteiger partial charge in [0.25, 0.3) is 5.91 Å². The second-order valence-electron chi connectivity index (χ2n) is 8.89. The molecule has 2 atom stereocenters. The minimum absolute atomic E-state index is 0.0112. The van der Waals surface area contributed by atoms with Crippen molar-refractivity contribution in [1.29, 1.82) is 0 Å². The Hall–Kier alpha value is -3.20. The van der Waals surface area contributed by atoms with Gasteiger partial charge in [-0.1, -0.05) is 42.5 Å². The van der Waals surface area contributed by atoms with E-state index in [-0.39, 0.29) is 11.5 Å². The van der Waals surface area contributed by atoms with Crippen LogP contribution >= 0.6 is 0 Å². The van der Waals surface area contributed by atoms with Gasteiger partial charge in [0.15, 0.2) is 9.84 Å². The molecule has 1 N–H and O–H groups in total. The lowest BCUT2D eigenvalue weighted by Crippen LogP contribution is -2.49. The van der Waals surface area contributed by atoms with Crippen LogP contribution < -0.4 is 10.2 Å². The van der Waals surface area contributed by atoms with Crippen molar-refractivity contribution in [1.82, 2.24) is 10.2 Å². The SMILES string of the molecule is O=C1N[C@]2(CCCc3ccccc32)C(=O)N1CC(=O)N(c1ccccc1)[C@H]1CCS(=O)(=O)C1. The summed E-state index contributed by atoms with van der Waals surface area (Å²) in [5.74, 6) is -1.03. The highest BCUT2D eigenvalue weighted by Gasteiger charge is 2.54. The highest BCUT2D eigenvalue weighted by Crippen LogP contribution is 2.40. The summed E-state index contributed by atoms with van der Waals surface area (Å²) >= 11 is 0. The van der Waals surface area contributed by atoms with Gasteiger partial charge in [0.05, 0.1) is 17.5 Å². The van der Waals surface area contributed by atoms with Gasteiger partial charge in [-0.25, -0.2) is 13.2 Å². The molecule has 0 aromatic heterocycles. The Labute approximate surface area is 192 Å². The van der Waals surface area contributed by atoms with Crippen LogP contribution in [-0.2, 0) is 31.4 Å². The van der Waals surface area contributed by atoms with E-state index in [0.29, 0.717) is 18.5 Å². The number of anilines is 1. The number of hydrogen-bond acceptors (Lipinski definition) is 5. The third kappa shape index (κ3) is 3.70. The quantitative estimate of drug-likeness (QED) is 0.693. The van der Waals surface area contributed by atoms with E-state index in [1.54, 1.807) is 30.3 Å². The molecule has 5 rings (SSSR count). The molecule has 2 heterocycles. The molecule has 8 nitrogen and oxygen atoms in total. The molecular formula is C24H25N3O5S. The van der Waals surface area contributed by atoms with Crippen LogP contribution in [-0.4, -0.2) is 55.3 Å². The maximum absolute atomic E-state index is 13.6. The number of carbonyl (C=O) groups excluding carboxylic acids is 3. The minimum atomic E-state index is -3.24. The lowest BCUT2D eigenvalue weighted by molar-refractivity contribution is -0.135. The van der Waals surface area contributed by atoms with Gasteiger partial charge in [0.1, 0.15) is 12.1 Å². The summed E-state index contributed by atoms with van der Waals surface area (Å²) in [7, 11) is -3.24. The lowest BCUT2D eigenvalue weighted by Gasteiger charge is -2.33. The predicted octanol–water partition coefficient (Wildman–Crippen LogP) is 1.99. The zero-order chi connectivity index (χ0) is 23.2. The van der Waals surface area contributed by atoms with E-state index in [1.807, 2.05) is 24.3 Å². The largest absolute Gasteiger partial charge is 0.325 e. The monoisotopic (exact) mass is 467 g/mol. The van der Waals surface area contributed by atoms with E-state index >= 15 is 0 Å². The number of para-hydroxylation sites is 1. The van der Waals surface area contributed by atoms with Gasteiger partial charge < -0.3 is 10.2 Å². The van der Waals surface area contributed by atoms with Crippen LogP contribution in [0.15, 0.2) is 54.6 Å². The fourth-order valence-corrected chi connectivity index (χ4v) is 6.99. The number of carbonyl (C=O) groups is 3. The van der Waals surface area contributed by atoms with Gasteiger partial charge in [-0.15, -0.1) is 0 Å². The van der Waals surface area contributed by atoms with E-state index < -0.39 is 45.8 Å². The average Bonchev–Trinajstić information content (AvgIpc) is 3.27.